The fourth-order valence-electron chi connectivity index (χ4n) is 4.43. The van der Waals surface area contributed by atoms with Crippen molar-refractivity contribution in [3.8, 4) is 11.5 Å². The summed E-state index contributed by atoms with van der Waals surface area (Å²) in [5.74, 6) is 1.78. The molecule has 0 spiro atoms. The van der Waals surface area contributed by atoms with E-state index in [4.69, 9.17) is 9.47 Å². The lowest BCUT2D eigenvalue weighted by Crippen LogP contribution is -2.43. The molecule has 2 aliphatic rings. The number of hydrogen-bond donors (Lipinski definition) is 0. The van der Waals surface area contributed by atoms with Gasteiger partial charge in [-0.3, -0.25) is 0 Å². The van der Waals surface area contributed by atoms with E-state index >= 15 is 0 Å². The minimum atomic E-state index is -0.673. The first-order valence-corrected chi connectivity index (χ1v) is 9.55. The zero-order chi connectivity index (χ0) is 18.6. The van der Waals surface area contributed by atoms with Crippen molar-refractivity contribution in [3.05, 3.63) is 113 Å². The second kappa shape index (κ2) is 5.74. The van der Waals surface area contributed by atoms with Crippen LogP contribution >= 0.6 is 0 Å². The third-order valence-corrected chi connectivity index (χ3v) is 5.77. The molecule has 1 atom stereocenters. The Bertz CT molecular complexity index is 1250. The van der Waals surface area contributed by atoms with Crippen LogP contribution in [0.25, 0.3) is 16.8 Å². The highest BCUT2D eigenvalue weighted by molar-refractivity contribution is 5.84. The monoisotopic (exact) mass is 362 g/mol. The first-order valence-electron chi connectivity index (χ1n) is 9.55. The average Bonchev–Trinajstić information content (AvgIpc) is 2.77. The van der Waals surface area contributed by atoms with E-state index < -0.39 is 5.60 Å². The Morgan fingerprint density at radius 3 is 2.36 bits per heavy atom. The van der Waals surface area contributed by atoms with E-state index in [1.54, 1.807) is 0 Å². The van der Waals surface area contributed by atoms with Gasteiger partial charge in [-0.15, -0.1) is 0 Å². The van der Waals surface area contributed by atoms with E-state index in [9.17, 15) is 0 Å². The fraction of sp³-hybridized carbons (Fsp3) is 0.0769. The molecule has 0 saturated carbocycles. The molecule has 0 N–H and O–H groups in total. The summed E-state index contributed by atoms with van der Waals surface area (Å²) >= 11 is 0. The molecule has 2 heteroatoms. The summed E-state index contributed by atoms with van der Waals surface area (Å²) in [6, 6.07) is 31.5. The molecule has 134 valence electrons. The highest BCUT2D eigenvalue weighted by atomic mass is 16.5. The quantitative estimate of drug-likeness (QED) is 0.416. The van der Waals surface area contributed by atoms with Gasteiger partial charge in [0.15, 0.2) is 5.60 Å². The maximum Gasteiger partial charge on any atom is 0.187 e. The predicted octanol–water partition coefficient (Wildman–Crippen LogP) is 5.95. The summed E-state index contributed by atoms with van der Waals surface area (Å²) < 4.78 is 12.9. The van der Waals surface area contributed by atoms with Crippen molar-refractivity contribution in [2.75, 3.05) is 6.61 Å². The van der Waals surface area contributed by atoms with Gasteiger partial charge in [-0.25, -0.2) is 0 Å². The van der Waals surface area contributed by atoms with Crippen molar-refractivity contribution in [1.82, 2.24) is 0 Å². The Hall–Kier alpha value is -3.52. The summed E-state index contributed by atoms with van der Waals surface area (Å²) in [6.45, 7) is 0.512. The number of rotatable bonds is 1. The van der Waals surface area contributed by atoms with Crippen LogP contribution in [0, 0.1) is 0 Å². The second-order valence-electron chi connectivity index (χ2n) is 7.34. The fourth-order valence-corrected chi connectivity index (χ4v) is 4.43. The summed E-state index contributed by atoms with van der Waals surface area (Å²) in [5, 5.41) is 2.44. The summed E-state index contributed by atoms with van der Waals surface area (Å²) in [4.78, 5) is 0. The van der Waals surface area contributed by atoms with Gasteiger partial charge in [0.1, 0.15) is 18.1 Å². The molecular weight excluding hydrogens is 344 g/mol. The van der Waals surface area contributed by atoms with Gasteiger partial charge in [-0.2, -0.15) is 0 Å². The van der Waals surface area contributed by atoms with Gasteiger partial charge in [-0.1, -0.05) is 72.8 Å². The Kier molecular flexibility index (Phi) is 3.18. The second-order valence-corrected chi connectivity index (χ2v) is 7.34. The minimum Gasteiger partial charge on any atom is -0.489 e. The topological polar surface area (TPSA) is 18.5 Å². The lowest BCUT2D eigenvalue weighted by molar-refractivity contribution is 0.112. The van der Waals surface area contributed by atoms with Crippen molar-refractivity contribution in [2.24, 2.45) is 0 Å². The van der Waals surface area contributed by atoms with Gasteiger partial charge < -0.3 is 9.47 Å². The lowest BCUT2D eigenvalue weighted by atomic mass is 9.75. The molecule has 0 aliphatic carbocycles. The molecule has 0 aromatic heterocycles. The standard InChI is InChI=1S/C26H18O2/c1-2-8-19-15-21(14-13-18(19)7-1)26-22(16-20-9-3-5-11-24(20)28-26)17-27-25-12-6-4-10-23(25)26/h1-16H,17H2. The van der Waals surface area contributed by atoms with Crippen molar-refractivity contribution in [1.29, 1.82) is 0 Å². The van der Waals surface area contributed by atoms with Crippen LogP contribution in [0.3, 0.4) is 0 Å². The third kappa shape index (κ3) is 2.09. The molecule has 1 unspecified atom stereocenters. The normalized spacial score (nSPS) is 19.5. The minimum absolute atomic E-state index is 0.512. The maximum absolute atomic E-state index is 6.84. The van der Waals surface area contributed by atoms with Gasteiger partial charge in [0.25, 0.3) is 0 Å². The van der Waals surface area contributed by atoms with Crippen LogP contribution in [0.4, 0.5) is 0 Å². The van der Waals surface area contributed by atoms with Crippen LogP contribution in [-0.2, 0) is 5.60 Å². The highest BCUT2D eigenvalue weighted by Crippen LogP contribution is 2.51. The van der Waals surface area contributed by atoms with E-state index in [2.05, 4.69) is 66.7 Å². The first kappa shape index (κ1) is 15.5. The molecule has 0 amide bonds. The zero-order valence-corrected chi connectivity index (χ0v) is 15.3. The van der Waals surface area contributed by atoms with E-state index in [1.807, 2.05) is 30.3 Å². The number of ether oxygens (including phenoxy) is 2. The van der Waals surface area contributed by atoms with Gasteiger partial charge in [-0.05, 0) is 35.0 Å². The molecule has 0 radical (unpaired) electrons. The Balaban J connectivity index is 1.68. The van der Waals surface area contributed by atoms with Crippen molar-refractivity contribution < 1.29 is 9.47 Å². The van der Waals surface area contributed by atoms with Crippen LogP contribution < -0.4 is 9.47 Å². The van der Waals surface area contributed by atoms with Gasteiger partial charge in [0, 0.05) is 22.3 Å². The Labute approximate surface area is 163 Å². The van der Waals surface area contributed by atoms with Gasteiger partial charge in [0.2, 0.25) is 0 Å². The van der Waals surface area contributed by atoms with E-state index in [-0.39, 0.29) is 0 Å². The van der Waals surface area contributed by atoms with Crippen molar-refractivity contribution >= 4 is 16.8 Å². The smallest absolute Gasteiger partial charge is 0.187 e. The van der Waals surface area contributed by atoms with E-state index in [0.29, 0.717) is 6.61 Å². The molecule has 4 aromatic carbocycles. The Morgan fingerprint density at radius 1 is 0.679 bits per heavy atom. The predicted molar refractivity (Wildman–Crippen MR) is 112 cm³/mol. The molecule has 0 saturated heterocycles. The molecule has 2 heterocycles. The summed E-state index contributed by atoms with van der Waals surface area (Å²) in [5.41, 5.74) is 3.73. The number of fused-ring (bicyclic) bond motifs is 5. The number of benzene rings is 4. The SMILES string of the molecule is C1=C2COc3ccccc3C2(c2ccc3ccccc3c2)Oc2ccccc21. The lowest BCUT2D eigenvalue weighted by Gasteiger charge is -2.44. The number of para-hydroxylation sites is 2. The molecular formula is C26H18O2. The third-order valence-electron chi connectivity index (χ3n) is 5.77. The molecule has 0 bridgehead atoms. The molecule has 6 rings (SSSR count). The first-order chi connectivity index (χ1) is 13.8. The van der Waals surface area contributed by atoms with Crippen LogP contribution in [0.15, 0.2) is 96.6 Å². The molecule has 4 aromatic rings. The molecule has 0 fully saturated rings. The highest BCUT2D eigenvalue weighted by Gasteiger charge is 2.47. The average molecular weight is 362 g/mol. The summed E-state index contributed by atoms with van der Waals surface area (Å²) in [7, 11) is 0. The Morgan fingerprint density at radius 2 is 1.43 bits per heavy atom. The van der Waals surface area contributed by atoms with Crippen LogP contribution in [0.2, 0.25) is 0 Å². The van der Waals surface area contributed by atoms with Gasteiger partial charge in [0.05, 0.1) is 0 Å². The van der Waals surface area contributed by atoms with E-state index in [1.165, 1.54) is 10.8 Å². The maximum atomic E-state index is 6.84. The molecule has 28 heavy (non-hydrogen) atoms. The number of hydrogen-bond acceptors (Lipinski definition) is 2. The van der Waals surface area contributed by atoms with Crippen LogP contribution in [0.5, 0.6) is 11.5 Å². The van der Waals surface area contributed by atoms with Crippen LogP contribution in [-0.4, -0.2) is 6.61 Å². The largest absolute Gasteiger partial charge is 0.489 e. The van der Waals surface area contributed by atoms with E-state index in [0.717, 1.165) is 33.8 Å². The van der Waals surface area contributed by atoms with Crippen molar-refractivity contribution in [2.45, 2.75) is 5.60 Å². The summed E-state index contributed by atoms with van der Waals surface area (Å²) in [6.07, 6.45) is 2.23. The molecule has 2 nitrogen and oxygen atoms in total. The zero-order valence-electron chi connectivity index (χ0n) is 15.3. The van der Waals surface area contributed by atoms with Crippen LogP contribution in [0.1, 0.15) is 16.7 Å². The van der Waals surface area contributed by atoms with Crippen molar-refractivity contribution in [3.63, 3.8) is 0 Å². The van der Waals surface area contributed by atoms with Gasteiger partial charge >= 0.3 is 0 Å². The molecule has 2 aliphatic heterocycles.